The van der Waals surface area contributed by atoms with Crippen LogP contribution in [0.4, 0.5) is 22.7 Å². The maximum atomic E-state index is 14.0. The molecule has 1 amide bonds. The fraction of sp³-hybridized carbons (Fsp3) is 0.233. The number of rotatable bonds is 9. The highest BCUT2D eigenvalue weighted by atomic mass is 32.2. The molecule has 3 aromatic rings. The Hall–Kier alpha value is -3.91. The summed E-state index contributed by atoms with van der Waals surface area (Å²) < 4.78 is 0. The molecule has 3 N–H and O–H groups in total. The Morgan fingerprint density at radius 3 is 2.62 bits per heavy atom. The minimum atomic E-state index is -0.0995. The molecule has 0 aliphatic carbocycles. The van der Waals surface area contributed by atoms with Crippen molar-refractivity contribution in [1.82, 2.24) is 4.90 Å². The zero-order chi connectivity index (χ0) is 28.1. The van der Waals surface area contributed by atoms with Crippen LogP contribution in [-0.2, 0) is 11.3 Å². The highest BCUT2D eigenvalue weighted by molar-refractivity contribution is 8.19. The summed E-state index contributed by atoms with van der Waals surface area (Å²) >= 11 is 2.93. The zero-order valence-electron chi connectivity index (χ0n) is 22.3. The standard InChI is InChI=1S/C30H30N6O2S2/c1-3-32-23-12-10-21(18-31)16-24(23)34-30-36(19-20-8-5-4-6-9-20)28(38)27(40-30)29-35(2)25-13-11-22(17-26(25)39-29)33-14-7-15-37/h4-6,8-13,16-17,32-33,37H,3,7,14-15,19H2,1-2H3/b29-27+,34-30?. The summed E-state index contributed by atoms with van der Waals surface area (Å²) in [4.78, 5) is 24.4. The molecule has 204 valence electrons. The summed E-state index contributed by atoms with van der Waals surface area (Å²) in [5, 5.41) is 26.7. The number of amidine groups is 1. The second kappa shape index (κ2) is 12.5. The summed E-state index contributed by atoms with van der Waals surface area (Å²) in [5.74, 6) is -0.0995. The molecule has 1 saturated heterocycles. The number of fused-ring (bicyclic) bond motifs is 1. The highest BCUT2D eigenvalue weighted by Crippen LogP contribution is 2.51. The molecule has 0 atom stereocenters. The lowest BCUT2D eigenvalue weighted by Crippen LogP contribution is -2.29. The Labute approximate surface area is 242 Å². The van der Waals surface area contributed by atoms with E-state index in [-0.39, 0.29) is 12.5 Å². The Bertz CT molecular complexity index is 1520. The van der Waals surface area contributed by atoms with Gasteiger partial charge >= 0.3 is 0 Å². The number of aliphatic hydroxyl groups excluding tert-OH is 1. The van der Waals surface area contributed by atoms with Crippen LogP contribution in [0.15, 0.2) is 86.6 Å². The van der Waals surface area contributed by atoms with Gasteiger partial charge in [-0.15, -0.1) is 0 Å². The molecule has 8 nitrogen and oxygen atoms in total. The van der Waals surface area contributed by atoms with Gasteiger partial charge in [0.05, 0.1) is 40.3 Å². The fourth-order valence-corrected chi connectivity index (χ4v) is 6.81. The summed E-state index contributed by atoms with van der Waals surface area (Å²) in [6.45, 7) is 3.93. The number of aliphatic hydroxyl groups is 1. The Morgan fingerprint density at radius 1 is 1.05 bits per heavy atom. The third-order valence-corrected chi connectivity index (χ3v) is 8.86. The summed E-state index contributed by atoms with van der Waals surface area (Å²) in [6, 6.07) is 23.6. The van der Waals surface area contributed by atoms with Crippen molar-refractivity contribution in [2.24, 2.45) is 4.99 Å². The number of amides is 1. The average Bonchev–Trinajstić information content (AvgIpc) is 3.45. The number of anilines is 3. The quantitative estimate of drug-likeness (QED) is 0.214. The first kappa shape index (κ1) is 27.6. The van der Waals surface area contributed by atoms with Gasteiger partial charge in [-0.25, -0.2) is 4.99 Å². The smallest absolute Gasteiger partial charge is 0.269 e. The third kappa shape index (κ3) is 5.82. The van der Waals surface area contributed by atoms with Gasteiger partial charge in [-0.1, -0.05) is 42.1 Å². The largest absolute Gasteiger partial charge is 0.396 e. The van der Waals surface area contributed by atoms with Gasteiger partial charge in [0.25, 0.3) is 5.91 Å². The van der Waals surface area contributed by atoms with Gasteiger partial charge < -0.3 is 20.6 Å². The minimum Gasteiger partial charge on any atom is -0.396 e. The van der Waals surface area contributed by atoms with Crippen molar-refractivity contribution in [3.05, 3.63) is 87.8 Å². The maximum Gasteiger partial charge on any atom is 0.269 e. The number of hydrogen-bond acceptors (Lipinski definition) is 9. The molecule has 5 rings (SSSR count). The first-order valence-corrected chi connectivity index (χ1v) is 14.7. The lowest BCUT2D eigenvalue weighted by atomic mass is 10.2. The topological polar surface area (TPSA) is 104 Å². The molecule has 0 bridgehead atoms. The van der Waals surface area contributed by atoms with Crippen LogP contribution in [0.5, 0.6) is 0 Å². The minimum absolute atomic E-state index is 0.0995. The molecule has 0 saturated carbocycles. The zero-order valence-corrected chi connectivity index (χ0v) is 24.0. The highest BCUT2D eigenvalue weighted by Gasteiger charge is 2.39. The number of hydrogen-bond donors (Lipinski definition) is 3. The van der Waals surface area contributed by atoms with Crippen LogP contribution >= 0.6 is 23.5 Å². The Morgan fingerprint density at radius 2 is 1.88 bits per heavy atom. The van der Waals surface area contributed by atoms with Crippen molar-refractivity contribution in [2.45, 2.75) is 24.8 Å². The van der Waals surface area contributed by atoms with Crippen LogP contribution in [0.1, 0.15) is 24.5 Å². The SMILES string of the molecule is CCNc1ccc(C#N)cc1N=C1S/C(=C2/Sc3cc(NCCCO)ccc3N2C)C(=O)N1Cc1ccccc1. The number of carbonyl (C=O) groups is 1. The predicted octanol–water partition coefficient (Wildman–Crippen LogP) is 5.96. The van der Waals surface area contributed by atoms with Gasteiger partial charge in [0.1, 0.15) is 4.91 Å². The van der Waals surface area contributed by atoms with Gasteiger partial charge in [0.2, 0.25) is 0 Å². The van der Waals surface area contributed by atoms with Crippen molar-refractivity contribution in [2.75, 3.05) is 42.3 Å². The second-order valence-electron chi connectivity index (χ2n) is 9.23. The van der Waals surface area contributed by atoms with Crippen molar-refractivity contribution in [3.63, 3.8) is 0 Å². The molecule has 0 spiro atoms. The number of benzene rings is 3. The van der Waals surface area contributed by atoms with Gasteiger partial charge in [0.15, 0.2) is 5.17 Å². The second-order valence-corrected chi connectivity index (χ2v) is 11.2. The Kier molecular flexibility index (Phi) is 8.65. The van der Waals surface area contributed by atoms with Gasteiger partial charge in [-0.05, 0) is 67.1 Å². The molecule has 0 unspecified atom stereocenters. The van der Waals surface area contributed by atoms with Crippen molar-refractivity contribution >= 4 is 57.3 Å². The number of thioether (sulfide) groups is 2. The molecule has 0 radical (unpaired) electrons. The molecule has 2 aliphatic heterocycles. The molecular formula is C30H30N6O2S2. The van der Waals surface area contributed by atoms with E-state index in [1.807, 2.05) is 62.5 Å². The van der Waals surface area contributed by atoms with Gasteiger partial charge in [0, 0.05) is 37.3 Å². The van der Waals surface area contributed by atoms with Crippen LogP contribution in [-0.4, -0.2) is 47.8 Å². The van der Waals surface area contributed by atoms with Crippen LogP contribution < -0.4 is 15.5 Å². The average molecular weight is 571 g/mol. The van der Waals surface area contributed by atoms with E-state index in [4.69, 9.17) is 10.1 Å². The fourth-order valence-electron chi connectivity index (χ4n) is 4.44. The lowest BCUT2D eigenvalue weighted by Gasteiger charge is -2.17. The number of aliphatic imine (C=N–C) groups is 1. The first-order valence-electron chi connectivity index (χ1n) is 13.1. The molecule has 1 fully saturated rings. The van der Waals surface area contributed by atoms with E-state index >= 15 is 0 Å². The number of nitrogens with zero attached hydrogens (tertiary/aromatic N) is 4. The molecule has 40 heavy (non-hydrogen) atoms. The summed E-state index contributed by atoms with van der Waals surface area (Å²) in [7, 11) is 1.98. The van der Waals surface area contributed by atoms with E-state index in [9.17, 15) is 10.1 Å². The van der Waals surface area contributed by atoms with Gasteiger partial charge in [-0.2, -0.15) is 5.26 Å². The molecule has 2 heterocycles. The van der Waals surface area contributed by atoms with Crippen LogP contribution in [0.25, 0.3) is 0 Å². The van der Waals surface area contributed by atoms with E-state index in [1.165, 1.54) is 11.8 Å². The van der Waals surface area contributed by atoms with Crippen LogP contribution in [0, 0.1) is 11.3 Å². The molecule has 2 aliphatic rings. The van der Waals surface area contributed by atoms with Crippen LogP contribution in [0.2, 0.25) is 0 Å². The first-order chi connectivity index (χ1) is 19.5. The molecule has 3 aromatic carbocycles. The van der Waals surface area contributed by atoms with Gasteiger partial charge in [-0.3, -0.25) is 9.69 Å². The number of carbonyl (C=O) groups excluding carboxylic acids is 1. The van der Waals surface area contributed by atoms with E-state index < -0.39 is 0 Å². The monoisotopic (exact) mass is 570 g/mol. The molecule has 10 heteroatoms. The van der Waals surface area contributed by atoms with E-state index in [2.05, 4.69) is 27.7 Å². The summed E-state index contributed by atoms with van der Waals surface area (Å²) in [5.41, 5.74) is 4.95. The van der Waals surface area contributed by atoms with E-state index in [0.717, 1.165) is 32.6 Å². The predicted molar refractivity (Wildman–Crippen MR) is 165 cm³/mol. The normalized spacial score (nSPS) is 17.4. The van der Waals surface area contributed by atoms with Crippen molar-refractivity contribution in [3.8, 4) is 6.07 Å². The Balaban J connectivity index is 1.53. The molecule has 0 aromatic heterocycles. The van der Waals surface area contributed by atoms with E-state index in [0.29, 0.717) is 47.4 Å². The third-order valence-electron chi connectivity index (χ3n) is 6.45. The number of nitriles is 1. The van der Waals surface area contributed by atoms with E-state index in [1.54, 1.807) is 28.8 Å². The lowest BCUT2D eigenvalue weighted by molar-refractivity contribution is -0.122. The van der Waals surface area contributed by atoms with Crippen molar-refractivity contribution < 1.29 is 9.90 Å². The number of nitrogens with one attached hydrogen (secondary N) is 2. The molecular weight excluding hydrogens is 541 g/mol. The maximum absolute atomic E-state index is 14.0. The van der Waals surface area contributed by atoms with Crippen molar-refractivity contribution in [1.29, 1.82) is 5.26 Å². The van der Waals surface area contributed by atoms with Crippen LogP contribution in [0.3, 0.4) is 0 Å². The summed E-state index contributed by atoms with van der Waals surface area (Å²) in [6.07, 6.45) is 0.677.